The zero-order chi connectivity index (χ0) is 24.2. The van der Waals surface area contributed by atoms with Gasteiger partial charge >= 0.3 is 0 Å². The van der Waals surface area contributed by atoms with Crippen LogP contribution >= 0.6 is 11.6 Å². The van der Waals surface area contributed by atoms with E-state index in [0.717, 1.165) is 68.7 Å². The molecule has 3 fully saturated rings. The van der Waals surface area contributed by atoms with Crippen molar-refractivity contribution in [3.8, 4) is 0 Å². The largest absolute Gasteiger partial charge is 0.337 e. The third-order valence-electron chi connectivity index (χ3n) is 7.83. The molecule has 1 aliphatic carbocycles. The van der Waals surface area contributed by atoms with Crippen molar-refractivity contribution in [2.75, 3.05) is 36.5 Å². The van der Waals surface area contributed by atoms with Gasteiger partial charge in [0.05, 0.1) is 0 Å². The van der Waals surface area contributed by atoms with Crippen molar-refractivity contribution >= 4 is 39.9 Å². The molecule has 0 unspecified atom stereocenters. The number of hydrogen-bond donors (Lipinski definition) is 1. The van der Waals surface area contributed by atoms with Crippen LogP contribution in [0, 0.1) is 18.8 Å². The number of nitrogens with one attached hydrogen (secondary N) is 1. The number of anilines is 1. The maximum Gasteiger partial charge on any atom is 0.226 e. The Morgan fingerprint density at radius 3 is 2.50 bits per heavy atom. The van der Waals surface area contributed by atoms with E-state index < -0.39 is 10.8 Å². The summed E-state index contributed by atoms with van der Waals surface area (Å²) < 4.78 is 11.6. The molecule has 1 N–H and O–H groups in total. The van der Waals surface area contributed by atoms with Crippen molar-refractivity contribution in [1.82, 2.24) is 9.80 Å². The lowest BCUT2D eigenvalue weighted by molar-refractivity contribution is -0.140. The third kappa shape index (κ3) is 6.41. The van der Waals surface area contributed by atoms with Crippen LogP contribution < -0.4 is 5.32 Å². The number of carbonyl (C=O) groups excluding carboxylic acids is 2. The predicted octanol–water partition coefficient (Wildman–Crippen LogP) is 4.36. The van der Waals surface area contributed by atoms with Crippen LogP contribution in [0.1, 0.15) is 63.0 Å². The lowest BCUT2D eigenvalue weighted by Crippen LogP contribution is -2.54. The van der Waals surface area contributed by atoms with Gasteiger partial charge in [0.2, 0.25) is 11.8 Å². The van der Waals surface area contributed by atoms with E-state index in [2.05, 4.69) is 22.0 Å². The van der Waals surface area contributed by atoms with Crippen molar-refractivity contribution < 1.29 is 13.8 Å². The van der Waals surface area contributed by atoms with E-state index in [-0.39, 0.29) is 17.9 Å². The second kappa shape index (κ2) is 11.5. The molecule has 0 radical (unpaired) electrons. The van der Waals surface area contributed by atoms with Crippen LogP contribution in [0.2, 0.25) is 5.02 Å². The summed E-state index contributed by atoms with van der Waals surface area (Å²) in [6, 6.07) is 4.02. The Labute approximate surface area is 211 Å². The molecule has 3 aliphatic rings. The van der Waals surface area contributed by atoms with Gasteiger partial charge in [-0.25, -0.2) is 0 Å². The second-order valence-electron chi connectivity index (χ2n) is 10.4. The summed E-state index contributed by atoms with van der Waals surface area (Å²) in [6.07, 6.45) is 6.62. The van der Waals surface area contributed by atoms with Crippen LogP contribution in [0.25, 0.3) is 0 Å². The molecule has 34 heavy (non-hydrogen) atoms. The van der Waals surface area contributed by atoms with Gasteiger partial charge in [-0.2, -0.15) is 0 Å². The van der Waals surface area contributed by atoms with Gasteiger partial charge in [0.1, 0.15) is 0 Å². The van der Waals surface area contributed by atoms with Crippen molar-refractivity contribution in [1.29, 1.82) is 0 Å². The fourth-order valence-electron chi connectivity index (χ4n) is 5.69. The molecule has 4 rings (SSSR count). The first-order valence-electron chi connectivity index (χ1n) is 12.8. The number of piperazine rings is 1. The molecule has 0 spiro atoms. The minimum absolute atomic E-state index is 0.00154. The van der Waals surface area contributed by atoms with Crippen LogP contribution in [0.3, 0.4) is 0 Å². The zero-order valence-corrected chi connectivity index (χ0v) is 22.1. The van der Waals surface area contributed by atoms with E-state index in [1.165, 1.54) is 12.8 Å². The number of hydrogen-bond acceptors (Lipinski definition) is 4. The van der Waals surface area contributed by atoms with Crippen molar-refractivity contribution in [2.45, 2.75) is 71.4 Å². The number of nitrogens with zero attached hydrogens (tertiary/aromatic N) is 2. The lowest BCUT2D eigenvalue weighted by atomic mass is 9.98. The summed E-state index contributed by atoms with van der Waals surface area (Å²) in [7, 11) is -0.711. The molecule has 2 saturated heterocycles. The molecular formula is C26H38ClN3O3S. The Morgan fingerprint density at radius 1 is 1.12 bits per heavy atom. The van der Waals surface area contributed by atoms with Gasteiger partial charge in [0, 0.05) is 77.6 Å². The molecule has 1 saturated carbocycles. The highest BCUT2D eigenvalue weighted by Gasteiger charge is 2.33. The van der Waals surface area contributed by atoms with E-state index in [9.17, 15) is 13.8 Å². The number of halogens is 1. The highest BCUT2D eigenvalue weighted by atomic mass is 35.5. The van der Waals surface area contributed by atoms with Crippen molar-refractivity contribution in [2.24, 2.45) is 11.8 Å². The number of amides is 2. The summed E-state index contributed by atoms with van der Waals surface area (Å²) in [6.45, 7) is 7.39. The molecule has 8 heteroatoms. The normalized spacial score (nSPS) is 26.6. The lowest BCUT2D eigenvalue weighted by Gasteiger charge is -2.41. The highest BCUT2D eigenvalue weighted by molar-refractivity contribution is 7.85. The molecule has 188 valence electrons. The maximum atomic E-state index is 12.9. The van der Waals surface area contributed by atoms with Crippen LogP contribution in [0.15, 0.2) is 12.1 Å². The van der Waals surface area contributed by atoms with Crippen LogP contribution in [-0.2, 0) is 26.9 Å². The maximum absolute atomic E-state index is 12.9. The van der Waals surface area contributed by atoms with E-state index >= 15 is 0 Å². The van der Waals surface area contributed by atoms with Crippen LogP contribution in [0.5, 0.6) is 0 Å². The summed E-state index contributed by atoms with van der Waals surface area (Å²) in [4.78, 5) is 30.1. The Hall–Kier alpha value is -1.44. The quantitative estimate of drug-likeness (QED) is 0.621. The Bertz CT molecular complexity index is 924. The number of benzene rings is 1. The highest BCUT2D eigenvalue weighted by Crippen LogP contribution is 2.30. The van der Waals surface area contributed by atoms with E-state index in [0.29, 0.717) is 34.8 Å². The Kier molecular flexibility index (Phi) is 8.70. The summed E-state index contributed by atoms with van der Waals surface area (Å²) in [5.74, 6) is 2.29. The van der Waals surface area contributed by atoms with Gasteiger partial charge in [0.15, 0.2) is 0 Å². The first kappa shape index (κ1) is 25.6. The average Bonchev–Trinajstić information content (AvgIpc) is 3.33. The molecule has 6 nitrogen and oxygen atoms in total. The zero-order valence-electron chi connectivity index (χ0n) is 20.5. The van der Waals surface area contributed by atoms with Gasteiger partial charge in [0.25, 0.3) is 0 Å². The van der Waals surface area contributed by atoms with Crippen LogP contribution in [-0.4, -0.2) is 63.0 Å². The van der Waals surface area contributed by atoms with Gasteiger partial charge in [-0.1, -0.05) is 24.4 Å². The summed E-state index contributed by atoms with van der Waals surface area (Å²) in [5, 5.41) is 3.70. The molecule has 2 aliphatic heterocycles. The topological polar surface area (TPSA) is 69.7 Å². The SMILES string of the molecule is Cc1c(CN2CCN(C(=O)C3CCCC3)[C@@H](C)C2)cc(Cl)cc1NC(=O)CC1CCS(=O)CC1. The first-order chi connectivity index (χ1) is 16.3. The first-order valence-corrected chi connectivity index (χ1v) is 14.6. The van der Waals surface area contributed by atoms with Gasteiger partial charge in [-0.05, 0) is 68.7 Å². The van der Waals surface area contributed by atoms with Crippen molar-refractivity contribution in [3.63, 3.8) is 0 Å². The second-order valence-corrected chi connectivity index (χ2v) is 12.5. The number of rotatable bonds is 6. The molecule has 2 amide bonds. The van der Waals surface area contributed by atoms with Gasteiger partial charge in [-0.15, -0.1) is 0 Å². The molecule has 2 heterocycles. The smallest absolute Gasteiger partial charge is 0.226 e. The summed E-state index contributed by atoms with van der Waals surface area (Å²) in [5.41, 5.74) is 2.92. The average molecular weight is 508 g/mol. The van der Waals surface area contributed by atoms with Crippen molar-refractivity contribution in [3.05, 3.63) is 28.3 Å². The molecule has 1 aromatic carbocycles. The Morgan fingerprint density at radius 2 is 1.82 bits per heavy atom. The Balaban J connectivity index is 1.35. The fourth-order valence-corrected chi connectivity index (χ4v) is 7.33. The molecule has 1 atom stereocenters. The van der Waals surface area contributed by atoms with E-state index in [1.807, 2.05) is 19.1 Å². The van der Waals surface area contributed by atoms with Gasteiger partial charge in [-0.3, -0.25) is 18.7 Å². The fraction of sp³-hybridized carbons (Fsp3) is 0.692. The molecule has 0 aromatic heterocycles. The van der Waals surface area contributed by atoms with E-state index in [1.54, 1.807) is 0 Å². The van der Waals surface area contributed by atoms with Crippen LogP contribution in [0.4, 0.5) is 5.69 Å². The molecular weight excluding hydrogens is 470 g/mol. The number of carbonyl (C=O) groups is 2. The minimum atomic E-state index is -0.711. The standard InChI is InChI=1S/C26H38ClN3O3S/c1-18-16-29(9-10-30(18)26(32)21-5-3-4-6-21)17-22-14-23(27)15-24(19(22)2)28-25(31)13-20-7-11-34(33)12-8-20/h14-15,18,20-21H,3-13,16-17H2,1-2H3,(H,28,31)/t18-,20?,34?/m0/s1. The van der Waals surface area contributed by atoms with E-state index in [4.69, 9.17) is 11.6 Å². The summed E-state index contributed by atoms with van der Waals surface area (Å²) >= 11 is 6.44. The predicted molar refractivity (Wildman–Crippen MR) is 138 cm³/mol. The monoisotopic (exact) mass is 507 g/mol. The minimum Gasteiger partial charge on any atom is -0.337 e. The third-order valence-corrected chi connectivity index (χ3v) is 9.43. The molecule has 0 bridgehead atoms. The van der Waals surface area contributed by atoms with Gasteiger partial charge < -0.3 is 10.2 Å². The molecule has 1 aromatic rings.